The molecule has 5 nitrogen and oxygen atoms in total. The number of hydrogen-bond acceptors (Lipinski definition) is 3. The van der Waals surface area contributed by atoms with Gasteiger partial charge in [-0.15, -0.1) is 0 Å². The van der Waals surface area contributed by atoms with E-state index in [0.717, 1.165) is 29.5 Å². The summed E-state index contributed by atoms with van der Waals surface area (Å²) in [6.07, 6.45) is 9.41. The van der Waals surface area contributed by atoms with Gasteiger partial charge in [-0.25, -0.2) is 0 Å². The van der Waals surface area contributed by atoms with Gasteiger partial charge < -0.3 is 10.2 Å². The van der Waals surface area contributed by atoms with E-state index in [1.807, 2.05) is 77.7 Å². The first-order valence-corrected chi connectivity index (χ1v) is 14.1. The number of piperidine rings is 1. The molecule has 5 heteroatoms. The molecule has 2 aliphatic rings. The molecule has 0 radical (unpaired) electrons. The molecule has 3 aromatic carbocycles. The van der Waals surface area contributed by atoms with Crippen LogP contribution in [0.25, 0.3) is 11.1 Å². The Bertz CT molecular complexity index is 1450. The third kappa shape index (κ3) is 5.69. The van der Waals surface area contributed by atoms with Gasteiger partial charge in [0.05, 0.1) is 5.41 Å². The van der Waals surface area contributed by atoms with Crippen LogP contribution in [0.1, 0.15) is 65.8 Å². The minimum atomic E-state index is -0.678. The second-order valence-electron chi connectivity index (χ2n) is 10.9. The summed E-state index contributed by atoms with van der Waals surface area (Å²) in [5.41, 5.74) is 4.74. The van der Waals surface area contributed by atoms with Gasteiger partial charge in [-0.3, -0.25) is 14.4 Å². The summed E-state index contributed by atoms with van der Waals surface area (Å²) in [5.74, 6) is 0.0289. The van der Waals surface area contributed by atoms with Crippen LogP contribution in [0.5, 0.6) is 0 Å². The largest absolute Gasteiger partial charge is 0.349 e. The molecule has 0 aromatic heterocycles. The molecule has 204 valence electrons. The van der Waals surface area contributed by atoms with Crippen molar-refractivity contribution in [3.63, 3.8) is 0 Å². The van der Waals surface area contributed by atoms with Crippen molar-refractivity contribution in [3.8, 4) is 11.1 Å². The summed E-state index contributed by atoms with van der Waals surface area (Å²) >= 11 is 0. The molecule has 0 unspecified atom stereocenters. The van der Waals surface area contributed by atoms with Gasteiger partial charge >= 0.3 is 0 Å². The average Bonchev–Trinajstić information content (AvgIpc) is 3.01. The maximum atomic E-state index is 13.9. The smallest absolute Gasteiger partial charge is 0.253 e. The van der Waals surface area contributed by atoms with Gasteiger partial charge in [-0.05, 0) is 80.0 Å². The number of carbonyl (C=O) groups excluding carboxylic acids is 3. The summed E-state index contributed by atoms with van der Waals surface area (Å²) in [7, 11) is 0. The Kier molecular flexibility index (Phi) is 8.11. The van der Waals surface area contributed by atoms with Crippen LogP contribution in [-0.2, 0) is 10.2 Å². The fourth-order valence-electron chi connectivity index (χ4n) is 5.81. The highest BCUT2D eigenvalue weighted by molar-refractivity contribution is 5.97. The molecule has 0 bridgehead atoms. The van der Waals surface area contributed by atoms with E-state index < -0.39 is 5.41 Å². The second kappa shape index (κ2) is 11.9. The Morgan fingerprint density at radius 2 is 1.57 bits per heavy atom. The Balaban J connectivity index is 1.30. The van der Waals surface area contributed by atoms with E-state index in [1.54, 1.807) is 13.0 Å². The molecule has 3 aromatic rings. The zero-order valence-corrected chi connectivity index (χ0v) is 23.2. The first-order chi connectivity index (χ1) is 19.4. The first kappa shape index (κ1) is 27.3. The van der Waals surface area contributed by atoms with E-state index in [0.29, 0.717) is 37.1 Å². The summed E-state index contributed by atoms with van der Waals surface area (Å²) in [4.78, 5) is 41.0. The molecule has 1 heterocycles. The average molecular weight is 533 g/mol. The van der Waals surface area contributed by atoms with Crippen molar-refractivity contribution >= 4 is 17.6 Å². The molecular formula is C35H36N2O3. The molecule has 2 amide bonds. The van der Waals surface area contributed by atoms with Crippen LogP contribution in [0, 0.1) is 0 Å². The lowest BCUT2D eigenvalue weighted by atomic mass is 9.71. The molecule has 0 saturated carbocycles. The van der Waals surface area contributed by atoms with Crippen molar-refractivity contribution < 1.29 is 14.4 Å². The standard InChI is InChI=1S/C35H36N2O3/c1-25(27-10-5-3-6-11-27)36-34(40)35(32-14-7-4-8-15-32)20-22-37(23-21-35)33(39)29-18-16-28(17-19-29)31-13-9-12-30(24-31)26(2)38/h3-5,7-10,12-19,24-25H,6,11,20-23H2,1-2H3,(H,36,40)/t25-/m0/s1. The molecule has 1 saturated heterocycles. The number of amides is 2. The molecule has 1 aliphatic carbocycles. The Hall–Kier alpha value is -4.25. The molecule has 1 N–H and O–H groups in total. The SMILES string of the molecule is CC(=O)c1cccc(-c2ccc(C(=O)N3CCC(C(=O)N[C@@H](C)C4=CC=CCC4)(c4ccccc4)CC3)cc2)c1. The molecule has 5 rings (SSSR count). The molecule has 1 atom stereocenters. The van der Waals surface area contributed by atoms with Crippen LogP contribution in [0.3, 0.4) is 0 Å². The van der Waals surface area contributed by atoms with Crippen molar-refractivity contribution in [1.82, 2.24) is 10.2 Å². The number of allylic oxidation sites excluding steroid dienone is 3. The number of benzene rings is 3. The lowest BCUT2D eigenvalue weighted by molar-refractivity contribution is -0.129. The number of ketones is 1. The summed E-state index contributed by atoms with van der Waals surface area (Å²) in [6, 6.07) is 25.0. The highest BCUT2D eigenvalue weighted by atomic mass is 16.2. The number of likely N-dealkylation sites (tertiary alicyclic amines) is 1. The molecule has 1 aliphatic heterocycles. The Morgan fingerprint density at radius 3 is 2.23 bits per heavy atom. The van der Waals surface area contributed by atoms with Crippen LogP contribution < -0.4 is 5.32 Å². The fraction of sp³-hybridized carbons (Fsp3) is 0.286. The molecule has 40 heavy (non-hydrogen) atoms. The van der Waals surface area contributed by atoms with Crippen molar-refractivity contribution in [2.75, 3.05) is 13.1 Å². The van der Waals surface area contributed by atoms with Crippen molar-refractivity contribution in [1.29, 1.82) is 0 Å². The summed E-state index contributed by atoms with van der Waals surface area (Å²) in [5, 5.41) is 3.30. The third-order valence-electron chi connectivity index (χ3n) is 8.35. The van der Waals surface area contributed by atoms with E-state index in [1.165, 1.54) is 5.57 Å². The normalized spacial score (nSPS) is 17.1. The maximum absolute atomic E-state index is 13.9. The van der Waals surface area contributed by atoms with Gasteiger partial charge in [0.25, 0.3) is 5.91 Å². The lowest BCUT2D eigenvalue weighted by Gasteiger charge is -2.41. The lowest BCUT2D eigenvalue weighted by Crippen LogP contribution is -2.54. The predicted octanol–water partition coefficient (Wildman–Crippen LogP) is 6.51. The topological polar surface area (TPSA) is 66.5 Å². The first-order valence-electron chi connectivity index (χ1n) is 14.1. The van der Waals surface area contributed by atoms with Crippen molar-refractivity contribution in [2.45, 2.75) is 51.0 Å². The number of carbonyl (C=O) groups is 3. The van der Waals surface area contributed by atoms with E-state index >= 15 is 0 Å². The van der Waals surface area contributed by atoms with Gasteiger partial charge in [0, 0.05) is 30.3 Å². The van der Waals surface area contributed by atoms with Crippen LogP contribution in [-0.4, -0.2) is 41.6 Å². The Labute approximate surface area is 236 Å². The van der Waals surface area contributed by atoms with Gasteiger partial charge in [0.2, 0.25) is 5.91 Å². The summed E-state index contributed by atoms with van der Waals surface area (Å²) < 4.78 is 0. The number of nitrogens with zero attached hydrogens (tertiary/aromatic N) is 1. The van der Waals surface area contributed by atoms with Gasteiger partial charge in [-0.2, -0.15) is 0 Å². The van der Waals surface area contributed by atoms with Gasteiger partial charge in [-0.1, -0.05) is 78.9 Å². The predicted molar refractivity (Wildman–Crippen MR) is 159 cm³/mol. The van der Waals surface area contributed by atoms with E-state index in [4.69, 9.17) is 0 Å². The summed E-state index contributed by atoms with van der Waals surface area (Å²) in [6.45, 7) is 4.62. The van der Waals surface area contributed by atoms with Crippen molar-refractivity contribution in [3.05, 3.63) is 119 Å². The van der Waals surface area contributed by atoms with Crippen LogP contribution in [0.2, 0.25) is 0 Å². The quantitative estimate of drug-likeness (QED) is 0.353. The maximum Gasteiger partial charge on any atom is 0.253 e. The zero-order chi connectivity index (χ0) is 28.1. The highest BCUT2D eigenvalue weighted by Crippen LogP contribution is 2.37. The van der Waals surface area contributed by atoms with Crippen LogP contribution in [0.4, 0.5) is 0 Å². The minimum Gasteiger partial charge on any atom is -0.349 e. The minimum absolute atomic E-state index is 0.0247. The number of hydrogen-bond donors (Lipinski definition) is 1. The van der Waals surface area contributed by atoms with E-state index in [9.17, 15) is 14.4 Å². The monoisotopic (exact) mass is 532 g/mol. The zero-order valence-electron chi connectivity index (χ0n) is 23.2. The Morgan fingerprint density at radius 1 is 0.850 bits per heavy atom. The van der Waals surface area contributed by atoms with Gasteiger partial charge in [0.1, 0.15) is 0 Å². The van der Waals surface area contributed by atoms with Crippen molar-refractivity contribution in [2.24, 2.45) is 0 Å². The van der Waals surface area contributed by atoms with Crippen LogP contribution >= 0.6 is 0 Å². The van der Waals surface area contributed by atoms with E-state index in [-0.39, 0.29) is 23.6 Å². The number of nitrogens with one attached hydrogen (secondary N) is 1. The molecular weight excluding hydrogens is 496 g/mol. The van der Waals surface area contributed by atoms with Gasteiger partial charge in [0.15, 0.2) is 5.78 Å². The van der Waals surface area contributed by atoms with Crippen LogP contribution in [0.15, 0.2) is 103 Å². The second-order valence-corrected chi connectivity index (χ2v) is 10.9. The third-order valence-corrected chi connectivity index (χ3v) is 8.35. The van der Waals surface area contributed by atoms with E-state index in [2.05, 4.69) is 30.5 Å². The number of Topliss-reactive ketones (excluding diaryl/α,β-unsaturated/α-hetero) is 1. The number of rotatable bonds is 7. The molecule has 1 fully saturated rings. The molecule has 0 spiro atoms. The fourth-order valence-corrected chi connectivity index (χ4v) is 5.81. The highest BCUT2D eigenvalue weighted by Gasteiger charge is 2.44.